The van der Waals surface area contributed by atoms with Crippen molar-refractivity contribution in [1.82, 2.24) is 4.57 Å². The Balaban J connectivity index is 2.93. The molecule has 0 aliphatic heterocycles. The van der Waals surface area contributed by atoms with E-state index in [0.717, 1.165) is 23.6 Å². The van der Waals surface area contributed by atoms with E-state index in [9.17, 15) is 4.79 Å². The molecule has 0 amide bonds. The molecule has 1 aromatic rings. The lowest BCUT2D eigenvalue weighted by atomic mass is 10.2. The summed E-state index contributed by atoms with van der Waals surface area (Å²) in [5.41, 5.74) is 6.40. The highest BCUT2D eigenvalue weighted by molar-refractivity contribution is 7.99. The van der Waals surface area contributed by atoms with Gasteiger partial charge < -0.3 is 15.5 Å². The highest BCUT2D eigenvalue weighted by atomic mass is 32.2. The van der Waals surface area contributed by atoms with E-state index in [1.54, 1.807) is 10.6 Å². The van der Waals surface area contributed by atoms with Gasteiger partial charge in [0, 0.05) is 12.2 Å². The minimum atomic E-state index is -0.202. The molecule has 100 valence electrons. The molecule has 0 aromatic carbocycles. The molecule has 0 saturated carbocycles. The van der Waals surface area contributed by atoms with Gasteiger partial charge in [0.1, 0.15) is 0 Å². The second-order valence-corrected chi connectivity index (χ2v) is 5.27. The normalized spacial score (nSPS) is 11.8. The first-order valence-corrected chi connectivity index (χ1v) is 7.03. The second-order valence-electron chi connectivity index (χ2n) is 3.88. The van der Waals surface area contributed by atoms with E-state index in [1.807, 2.05) is 24.8 Å². The molecule has 1 heterocycles. The van der Waals surface area contributed by atoms with Gasteiger partial charge in [0.15, 0.2) is 5.84 Å². The quantitative estimate of drug-likeness (QED) is 0.269. The van der Waals surface area contributed by atoms with Crippen molar-refractivity contribution < 1.29 is 5.21 Å². The Morgan fingerprint density at radius 1 is 1.56 bits per heavy atom. The summed E-state index contributed by atoms with van der Waals surface area (Å²) in [6.07, 6.45) is 0.929. The van der Waals surface area contributed by atoms with Crippen LogP contribution in [0, 0.1) is 6.92 Å². The van der Waals surface area contributed by atoms with Gasteiger partial charge in [-0.15, -0.1) is 0 Å². The van der Waals surface area contributed by atoms with E-state index in [2.05, 4.69) is 12.1 Å². The fourth-order valence-electron chi connectivity index (χ4n) is 1.67. The maximum absolute atomic E-state index is 12.1. The first-order valence-electron chi connectivity index (χ1n) is 5.87. The van der Waals surface area contributed by atoms with Crippen molar-refractivity contribution in [2.45, 2.75) is 26.8 Å². The number of rotatable bonds is 6. The Kier molecular flexibility index (Phi) is 5.77. The van der Waals surface area contributed by atoms with Crippen LogP contribution >= 0.6 is 11.8 Å². The van der Waals surface area contributed by atoms with E-state index in [-0.39, 0.29) is 17.0 Å². The van der Waals surface area contributed by atoms with E-state index in [4.69, 9.17) is 10.9 Å². The molecule has 0 bridgehead atoms. The predicted molar refractivity (Wildman–Crippen MR) is 75.6 cm³/mol. The van der Waals surface area contributed by atoms with Gasteiger partial charge in [-0.05, 0) is 37.0 Å². The third-order valence-corrected chi connectivity index (χ3v) is 3.64. The summed E-state index contributed by atoms with van der Waals surface area (Å²) in [4.78, 5) is 12.1. The van der Waals surface area contributed by atoms with Gasteiger partial charge in [0.2, 0.25) is 0 Å². The highest BCUT2D eigenvalue weighted by Crippen LogP contribution is 2.04. The summed E-state index contributed by atoms with van der Waals surface area (Å²) < 4.78 is 1.67. The van der Waals surface area contributed by atoms with Crippen molar-refractivity contribution in [3.8, 4) is 0 Å². The molecular formula is C12H19N3O2S. The molecule has 0 spiro atoms. The number of pyridine rings is 1. The number of aryl methyl sites for hydroxylation is 1. The lowest BCUT2D eigenvalue weighted by Gasteiger charge is -2.11. The van der Waals surface area contributed by atoms with Crippen molar-refractivity contribution in [2.75, 3.05) is 11.5 Å². The summed E-state index contributed by atoms with van der Waals surface area (Å²) in [6.45, 7) is 4.65. The molecule has 0 atom stereocenters. The van der Waals surface area contributed by atoms with E-state index in [0.29, 0.717) is 6.54 Å². The predicted octanol–water partition coefficient (Wildman–Crippen LogP) is 1.39. The van der Waals surface area contributed by atoms with E-state index < -0.39 is 0 Å². The van der Waals surface area contributed by atoms with Crippen molar-refractivity contribution >= 4 is 17.6 Å². The molecule has 0 aliphatic rings. The second kappa shape index (κ2) is 7.10. The zero-order chi connectivity index (χ0) is 13.5. The average molecular weight is 269 g/mol. The zero-order valence-corrected chi connectivity index (χ0v) is 11.5. The van der Waals surface area contributed by atoms with Gasteiger partial charge in [-0.1, -0.05) is 12.1 Å². The van der Waals surface area contributed by atoms with Crippen molar-refractivity contribution in [2.24, 2.45) is 10.9 Å². The Bertz CT molecular complexity index is 483. The van der Waals surface area contributed by atoms with Crippen LogP contribution in [-0.2, 0) is 6.54 Å². The Morgan fingerprint density at radius 3 is 2.89 bits per heavy atom. The maximum atomic E-state index is 12.1. The van der Waals surface area contributed by atoms with Crippen LogP contribution < -0.4 is 11.3 Å². The minimum absolute atomic E-state index is 0.142. The SMILES string of the molecule is CCSCCCn1c(C)ccc(/C(N)=N/O)c1=O. The molecule has 3 N–H and O–H groups in total. The molecule has 0 radical (unpaired) electrons. The highest BCUT2D eigenvalue weighted by Gasteiger charge is 2.09. The molecule has 18 heavy (non-hydrogen) atoms. The smallest absolute Gasteiger partial charge is 0.261 e. The molecule has 0 aliphatic carbocycles. The summed E-state index contributed by atoms with van der Waals surface area (Å²) in [5, 5.41) is 11.5. The van der Waals surface area contributed by atoms with E-state index in [1.165, 1.54) is 0 Å². The zero-order valence-electron chi connectivity index (χ0n) is 10.7. The Hall–Kier alpha value is -1.43. The van der Waals surface area contributed by atoms with Crippen LogP contribution in [0.3, 0.4) is 0 Å². The summed E-state index contributed by atoms with van der Waals surface area (Å²) in [6, 6.07) is 3.39. The topological polar surface area (TPSA) is 80.6 Å². The summed E-state index contributed by atoms with van der Waals surface area (Å²) >= 11 is 1.85. The number of thioether (sulfide) groups is 1. The lowest BCUT2D eigenvalue weighted by Crippen LogP contribution is -2.31. The molecule has 1 aromatic heterocycles. The largest absolute Gasteiger partial charge is 0.409 e. The van der Waals surface area contributed by atoms with Crippen LogP contribution in [0.5, 0.6) is 0 Å². The fourth-order valence-corrected chi connectivity index (χ4v) is 2.29. The van der Waals surface area contributed by atoms with Crippen LogP contribution in [-0.4, -0.2) is 27.1 Å². The number of aromatic nitrogens is 1. The molecule has 0 unspecified atom stereocenters. The number of amidine groups is 1. The molecule has 6 heteroatoms. The van der Waals surface area contributed by atoms with Crippen LogP contribution in [0.1, 0.15) is 24.6 Å². The molecule has 5 nitrogen and oxygen atoms in total. The minimum Gasteiger partial charge on any atom is -0.409 e. The van der Waals surface area contributed by atoms with Crippen molar-refractivity contribution in [3.63, 3.8) is 0 Å². The number of hydrogen-bond acceptors (Lipinski definition) is 4. The number of nitrogens with two attached hydrogens (primary N) is 1. The van der Waals surface area contributed by atoms with Crippen LogP contribution in [0.2, 0.25) is 0 Å². The van der Waals surface area contributed by atoms with E-state index >= 15 is 0 Å². The van der Waals surface area contributed by atoms with Gasteiger partial charge in [-0.3, -0.25) is 4.79 Å². The fraction of sp³-hybridized carbons (Fsp3) is 0.500. The Labute approximate surface area is 111 Å². The van der Waals surface area contributed by atoms with Gasteiger partial charge in [0.05, 0.1) is 5.56 Å². The van der Waals surface area contributed by atoms with Crippen LogP contribution in [0.15, 0.2) is 22.1 Å². The standard InChI is InChI=1S/C12H19N3O2S/c1-3-18-8-4-7-15-9(2)5-6-10(12(15)16)11(13)14-17/h5-6,17H,3-4,7-8H2,1-2H3,(H2,13,14). The summed E-state index contributed by atoms with van der Waals surface area (Å²) in [5.74, 6) is 1.96. The van der Waals surface area contributed by atoms with Crippen LogP contribution in [0.4, 0.5) is 0 Å². The monoisotopic (exact) mass is 269 g/mol. The van der Waals surface area contributed by atoms with Crippen molar-refractivity contribution in [3.05, 3.63) is 33.7 Å². The van der Waals surface area contributed by atoms with Gasteiger partial charge in [0.25, 0.3) is 5.56 Å². The van der Waals surface area contributed by atoms with Gasteiger partial charge in [-0.2, -0.15) is 11.8 Å². The van der Waals surface area contributed by atoms with Gasteiger partial charge in [-0.25, -0.2) is 0 Å². The summed E-state index contributed by atoms with van der Waals surface area (Å²) in [7, 11) is 0. The average Bonchev–Trinajstić information content (AvgIpc) is 2.37. The number of oxime groups is 1. The molecule has 1 rings (SSSR count). The number of nitrogens with zero attached hydrogens (tertiary/aromatic N) is 2. The van der Waals surface area contributed by atoms with Crippen molar-refractivity contribution in [1.29, 1.82) is 0 Å². The first-order chi connectivity index (χ1) is 8.61. The molecular weight excluding hydrogens is 250 g/mol. The first kappa shape index (κ1) is 14.6. The third kappa shape index (κ3) is 3.53. The molecule has 0 fully saturated rings. The lowest BCUT2D eigenvalue weighted by molar-refractivity contribution is 0.318. The van der Waals surface area contributed by atoms with Crippen LogP contribution in [0.25, 0.3) is 0 Å². The Morgan fingerprint density at radius 2 is 2.28 bits per heavy atom. The third-order valence-electron chi connectivity index (χ3n) is 2.65. The number of hydrogen-bond donors (Lipinski definition) is 2. The molecule has 0 saturated heterocycles. The van der Waals surface area contributed by atoms with Gasteiger partial charge >= 0.3 is 0 Å². The maximum Gasteiger partial charge on any atom is 0.261 e.